The summed E-state index contributed by atoms with van der Waals surface area (Å²) < 4.78 is 19.8. The Morgan fingerprint density at radius 2 is 2.19 bits per heavy atom. The van der Waals surface area contributed by atoms with E-state index in [1.807, 2.05) is 19.0 Å². The summed E-state index contributed by atoms with van der Waals surface area (Å²) >= 11 is 0. The summed E-state index contributed by atoms with van der Waals surface area (Å²) in [4.78, 5) is 24.3. The number of carbonyl (C=O) groups excluding carboxylic acids is 1. The molecule has 0 saturated carbocycles. The highest BCUT2D eigenvalue weighted by Gasteiger charge is 2.16. The molecule has 1 aromatic carbocycles. The number of ether oxygens (including phenoxy) is 1. The third-order valence-electron chi connectivity index (χ3n) is 3.41. The molecule has 2 rings (SSSR count). The van der Waals surface area contributed by atoms with Crippen molar-refractivity contribution in [2.75, 3.05) is 27.2 Å². The highest BCUT2D eigenvalue weighted by Crippen LogP contribution is 2.27. The van der Waals surface area contributed by atoms with Gasteiger partial charge in [-0.25, -0.2) is 9.07 Å². The molecule has 1 N–H and O–H groups in total. The van der Waals surface area contributed by atoms with Gasteiger partial charge in [-0.2, -0.15) is 5.10 Å². The fourth-order valence-electron chi connectivity index (χ4n) is 2.13. The van der Waals surface area contributed by atoms with Crippen LogP contribution < -0.4 is 10.1 Å². The minimum atomic E-state index is -0.662. The first-order valence-corrected chi connectivity index (χ1v) is 7.90. The molecule has 1 amide bonds. The van der Waals surface area contributed by atoms with E-state index in [2.05, 4.69) is 10.4 Å². The molecule has 0 aliphatic heterocycles. The number of nitrogens with one attached hydrogen (secondary N) is 1. The Balaban J connectivity index is 1.91. The average molecular weight is 365 g/mol. The number of amides is 1. The highest BCUT2D eigenvalue weighted by atomic mass is 19.1. The number of nitro benzene ring substituents is 1. The molecule has 2 aromatic rings. The van der Waals surface area contributed by atoms with E-state index in [1.165, 1.54) is 16.9 Å². The number of halogens is 1. The fraction of sp³-hybridized carbons (Fsp3) is 0.375. The topological polar surface area (TPSA) is 103 Å². The summed E-state index contributed by atoms with van der Waals surface area (Å²) in [6.45, 7) is 1.18. The number of nitrogens with zero attached hydrogens (tertiary/aromatic N) is 4. The molecule has 0 aliphatic rings. The van der Waals surface area contributed by atoms with Crippen LogP contribution >= 0.6 is 0 Å². The molecule has 0 fully saturated rings. The first-order chi connectivity index (χ1) is 12.4. The van der Waals surface area contributed by atoms with E-state index in [1.54, 1.807) is 0 Å². The van der Waals surface area contributed by atoms with Gasteiger partial charge >= 0.3 is 5.69 Å². The van der Waals surface area contributed by atoms with Gasteiger partial charge in [0.15, 0.2) is 6.73 Å². The zero-order valence-electron chi connectivity index (χ0n) is 14.5. The summed E-state index contributed by atoms with van der Waals surface area (Å²) in [6.07, 6.45) is 2.31. The summed E-state index contributed by atoms with van der Waals surface area (Å²) in [5, 5.41) is 17.7. The van der Waals surface area contributed by atoms with Gasteiger partial charge in [0.05, 0.1) is 4.92 Å². The number of nitro groups is 1. The first kappa shape index (κ1) is 19.3. The van der Waals surface area contributed by atoms with Gasteiger partial charge in [0, 0.05) is 24.9 Å². The lowest BCUT2D eigenvalue weighted by Gasteiger charge is -2.09. The lowest BCUT2D eigenvalue weighted by atomic mass is 10.3. The maximum atomic E-state index is 13.3. The Kier molecular flexibility index (Phi) is 6.61. The van der Waals surface area contributed by atoms with Crippen LogP contribution in [0.3, 0.4) is 0 Å². The van der Waals surface area contributed by atoms with Crippen molar-refractivity contribution in [1.82, 2.24) is 20.0 Å². The Hall–Kier alpha value is -3.01. The molecule has 0 unspecified atom stereocenters. The molecule has 0 aliphatic carbocycles. The van der Waals surface area contributed by atoms with Crippen LogP contribution in [0.4, 0.5) is 10.1 Å². The van der Waals surface area contributed by atoms with Crippen molar-refractivity contribution in [2.45, 2.75) is 13.2 Å². The lowest BCUT2D eigenvalue weighted by molar-refractivity contribution is -0.386. The number of carbonyl (C=O) groups is 1. The van der Waals surface area contributed by atoms with Gasteiger partial charge in [0.2, 0.25) is 5.75 Å². The van der Waals surface area contributed by atoms with E-state index < -0.39 is 10.7 Å². The van der Waals surface area contributed by atoms with Gasteiger partial charge in [-0.1, -0.05) is 0 Å². The van der Waals surface area contributed by atoms with Gasteiger partial charge in [0.25, 0.3) is 5.91 Å². The summed E-state index contributed by atoms with van der Waals surface area (Å²) in [6, 6.07) is 4.45. The molecule has 0 atom stereocenters. The Morgan fingerprint density at radius 3 is 2.88 bits per heavy atom. The SMILES string of the molecule is CN(C)CCCNC(=O)c1ccn(COc2cc(F)ccc2[N+](=O)[O-])n1. The lowest BCUT2D eigenvalue weighted by Crippen LogP contribution is -2.27. The van der Waals surface area contributed by atoms with Crippen molar-refractivity contribution in [3.63, 3.8) is 0 Å². The molecule has 1 aromatic heterocycles. The van der Waals surface area contributed by atoms with Gasteiger partial charge in [0.1, 0.15) is 11.5 Å². The van der Waals surface area contributed by atoms with E-state index in [-0.39, 0.29) is 29.8 Å². The summed E-state index contributed by atoms with van der Waals surface area (Å²) in [5.41, 5.74) is -0.149. The predicted octanol–water partition coefficient (Wildman–Crippen LogP) is 1.65. The monoisotopic (exact) mass is 365 g/mol. The minimum Gasteiger partial charge on any atom is -0.464 e. The first-order valence-electron chi connectivity index (χ1n) is 7.90. The molecule has 140 valence electrons. The van der Waals surface area contributed by atoms with Gasteiger partial charge in [-0.15, -0.1) is 0 Å². The summed E-state index contributed by atoms with van der Waals surface area (Å²) in [7, 11) is 3.90. The van der Waals surface area contributed by atoms with Crippen molar-refractivity contribution in [3.05, 3.63) is 52.1 Å². The van der Waals surface area contributed by atoms with Gasteiger partial charge in [-0.05, 0) is 39.2 Å². The number of hydrogen-bond donors (Lipinski definition) is 1. The largest absolute Gasteiger partial charge is 0.464 e. The normalized spacial score (nSPS) is 10.8. The molecule has 0 saturated heterocycles. The van der Waals surface area contributed by atoms with Crippen LogP contribution in [-0.4, -0.2) is 52.7 Å². The molecule has 0 radical (unpaired) electrons. The van der Waals surface area contributed by atoms with E-state index in [4.69, 9.17) is 4.74 Å². The molecule has 9 nitrogen and oxygen atoms in total. The molecular weight excluding hydrogens is 345 g/mol. The zero-order valence-corrected chi connectivity index (χ0v) is 14.5. The Bertz CT molecular complexity index is 778. The van der Waals surface area contributed by atoms with Crippen molar-refractivity contribution in [1.29, 1.82) is 0 Å². The summed E-state index contributed by atoms with van der Waals surface area (Å²) in [5.74, 6) is -1.18. The van der Waals surface area contributed by atoms with Gasteiger partial charge in [-0.3, -0.25) is 14.9 Å². The van der Waals surface area contributed by atoms with Crippen LogP contribution in [0, 0.1) is 15.9 Å². The molecule has 0 spiro atoms. The van der Waals surface area contributed by atoms with Crippen molar-refractivity contribution in [2.24, 2.45) is 0 Å². The number of hydrogen-bond acceptors (Lipinski definition) is 6. The molecule has 10 heteroatoms. The number of benzene rings is 1. The minimum absolute atomic E-state index is 0.196. The van der Waals surface area contributed by atoms with E-state index >= 15 is 0 Å². The van der Waals surface area contributed by atoms with Crippen molar-refractivity contribution < 1.29 is 18.8 Å². The van der Waals surface area contributed by atoms with Crippen LogP contribution in [0.5, 0.6) is 5.75 Å². The van der Waals surface area contributed by atoms with Gasteiger partial charge < -0.3 is 15.0 Å². The third-order valence-corrected chi connectivity index (χ3v) is 3.41. The highest BCUT2D eigenvalue weighted by molar-refractivity contribution is 5.92. The number of aromatic nitrogens is 2. The van der Waals surface area contributed by atoms with E-state index in [0.29, 0.717) is 6.54 Å². The second-order valence-corrected chi connectivity index (χ2v) is 5.80. The van der Waals surface area contributed by atoms with Crippen LogP contribution in [-0.2, 0) is 6.73 Å². The van der Waals surface area contributed by atoms with Crippen molar-refractivity contribution >= 4 is 11.6 Å². The Labute approximate surface area is 149 Å². The number of rotatable bonds is 9. The van der Waals surface area contributed by atoms with E-state index in [9.17, 15) is 19.3 Å². The van der Waals surface area contributed by atoms with Crippen LogP contribution in [0.15, 0.2) is 30.5 Å². The molecule has 0 bridgehead atoms. The van der Waals surface area contributed by atoms with E-state index in [0.717, 1.165) is 31.2 Å². The zero-order chi connectivity index (χ0) is 19.1. The standard InChI is InChI=1S/C16H20FN5O4/c1-20(2)8-3-7-18-16(23)13-6-9-21(19-13)11-26-15-10-12(17)4-5-14(15)22(24)25/h4-6,9-10H,3,7-8,11H2,1-2H3,(H,18,23). The fourth-order valence-corrected chi connectivity index (χ4v) is 2.13. The van der Waals surface area contributed by atoms with Crippen molar-refractivity contribution in [3.8, 4) is 5.75 Å². The smallest absolute Gasteiger partial charge is 0.311 e. The maximum Gasteiger partial charge on any atom is 0.311 e. The maximum absolute atomic E-state index is 13.3. The van der Waals surface area contributed by atoms with Crippen LogP contribution in [0.1, 0.15) is 16.9 Å². The van der Waals surface area contributed by atoms with Crippen LogP contribution in [0.25, 0.3) is 0 Å². The third kappa shape index (κ3) is 5.52. The Morgan fingerprint density at radius 1 is 1.42 bits per heavy atom. The molecular formula is C16H20FN5O4. The average Bonchev–Trinajstić information content (AvgIpc) is 3.05. The quantitative estimate of drug-likeness (QED) is 0.412. The predicted molar refractivity (Wildman–Crippen MR) is 91.4 cm³/mol. The molecule has 26 heavy (non-hydrogen) atoms. The van der Waals surface area contributed by atoms with Crippen LogP contribution in [0.2, 0.25) is 0 Å². The second kappa shape index (κ2) is 8.90. The second-order valence-electron chi connectivity index (χ2n) is 5.80. The molecule has 1 heterocycles.